The molecule has 0 unspecified atom stereocenters. The fraction of sp³-hybridized carbons (Fsp3) is 0.294. The van der Waals surface area contributed by atoms with Crippen molar-refractivity contribution in [1.29, 1.82) is 0 Å². The van der Waals surface area contributed by atoms with Crippen LogP contribution in [0.15, 0.2) is 34.1 Å². The van der Waals surface area contributed by atoms with E-state index in [9.17, 15) is 14.7 Å². The van der Waals surface area contributed by atoms with Crippen molar-refractivity contribution in [2.45, 2.75) is 33.2 Å². The first kappa shape index (κ1) is 18.6. The summed E-state index contributed by atoms with van der Waals surface area (Å²) in [6, 6.07) is 6.83. The number of aromatic hydroxyl groups is 1. The van der Waals surface area contributed by atoms with Gasteiger partial charge in [-0.15, -0.1) is 0 Å². The number of H-pyrrole nitrogens is 1. The van der Waals surface area contributed by atoms with Crippen LogP contribution in [0.1, 0.15) is 38.8 Å². The lowest BCUT2D eigenvalue weighted by atomic mass is 10.2. The van der Waals surface area contributed by atoms with Crippen LogP contribution in [0, 0.1) is 4.77 Å². The minimum atomic E-state index is -0.525. The van der Waals surface area contributed by atoms with Crippen LogP contribution in [0.5, 0.6) is 5.88 Å². The molecule has 1 amide bonds. The molecule has 8 heteroatoms. The third kappa shape index (κ3) is 4.21. The molecule has 0 aliphatic heterocycles. The van der Waals surface area contributed by atoms with Gasteiger partial charge < -0.3 is 10.4 Å². The van der Waals surface area contributed by atoms with Gasteiger partial charge >= 0.3 is 0 Å². The van der Waals surface area contributed by atoms with Crippen molar-refractivity contribution in [2.24, 2.45) is 4.99 Å². The van der Waals surface area contributed by atoms with Gasteiger partial charge in [-0.2, -0.15) is 0 Å². The summed E-state index contributed by atoms with van der Waals surface area (Å²) in [5, 5.41) is 13.1. The molecular weight excluding hydrogens is 340 g/mol. The summed E-state index contributed by atoms with van der Waals surface area (Å²) in [5.74, 6) is -0.461. The second-order valence-corrected chi connectivity index (χ2v) is 5.97. The molecule has 1 atom stereocenters. The van der Waals surface area contributed by atoms with E-state index >= 15 is 0 Å². The Balaban J connectivity index is 2.51. The van der Waals surface area contributed by atoms with E-state index in [2.05, 4.69) is 15.3 Å². The van der Waals surface area contributed by atoms with Gasteiger partial charge in [0.25, 0.3) is 5.56 Å². The maximum atomic E-state index is 12.2. The number of rotatable bonds is 5. The molecular formula is C17H20N4O3S. The summed E-state index contributed by atoms with van der Waals surface area (Å²) >= 11 is 5.13. The number of para-hydroxylation sites is 2. The monoisotopic (exact) mass is 360 g/mol. The van der Waals surface area contributed by atoms with Crippen LogP contribution in [0.25, 0.3) is 0 Å². The number of hydrogen-bond acceptors (Lipinski definition) is 5. The molecule has 1 aromatic carbocycles. The molecule has 7 nitrogen and oxygen atoms in total. The summed E-state index contributed by atoms with van der Waals surface area (Å²) in [6.45, 7) is 5.24. The van der Waals surface area contributed by atoms with E-state index in [-0.39, 0.29) is 28.2 Å². The Morgan fingerprint density at radius 2 is 2.16 bits per heavy atom. The molecule has 1 aromatic heterocycles. The Morgan fingerprint density at radius 3 is 2.80 bits per heavy atom. The number of amides is 1. The second kappa shape index (κ2) is 7.89. The van der Waals surface area contributed by atoms with Crippen molar-refractivity contribution in [3.8, 4) is 5.88 Å². The topological polar surface area (TPSA) is 99.5 Å². The Morgan fingerprint density at radius 1 is 1.48 bits per heavy atom. The SMILES string of the molecule is CC[C@@H](C)n1c(O)c(C=Nc2ccccc2NC(C)=O)c(=O)[nH]c1=S. The maximum Gasteiger partial charge on any atom is 0.264 e. The Bertz CT molecular complexity index is 930. The van der Waals surface area contributed by atoms with E-state index in [0.29, 0.717) is 11.4 Å². The third-order valence-electron chi connectivity index (χ3n) is 3.73. The zero-order valence-electron chi connectivity index (χ0n) is 14.2. The van der Waals surface area contributed by atoms with Crippen molar-refractivity contribution in [2.75, 3.05) is 5.32 Å². The molecule has 0 aliphatic rings. The van der Waals surface area contributed by atoms with Crippen molar-refractivity contribution < 1.29 is 9.90 Å². The molecule has 1 heterocycles. The zero-order valence-corrected chi connectivity index (χ0v) is 15.1. The van der Waals surface area contributed by atoms with Gasteiger partial charge in [0, 0.05) is 19.2 Å². The average molecular weight is 360 g/mol. The number of nitrogens with zero attached hydrogens (tertiary/aromatic N) is 2. The van der Waals surface area contributed by atoms with Crippen molar-refractivity contribution in [1.82, 2.24) is 9.55 Å². The van der Waals surface area contributed by atoms with E-state index in [1.54, 1.807) is 24.3 Å². The normalized spacial score (nSPS) is 12.3. The number of aliphatic imine (C=N–C) groups is 1. The number of hydrogen-bond donors (Lipinski definition) is 3. The van der Waals surface area contributed by atoms with E-state index in [0.717, 1.165) is 6.42 Å². The molecule has 0 fully saturated rings. The van der Waals surface area contributed by atoms with Gasteiger partial charge in [-0.1, -0.05) is 19.1 Å². The molecule has 0 aliphatic carbocycles. The predicted octanol–water partition coefficient (Wildman–Crippen LogP) is 3.29. The van der Waals surface area contributed by atoms with Gasteiger partial charge in [0.1, 0.15) is 5.56 Å². The molecule has 132 valence electrons. The first-order chi connectivity index (χ1) is 11.8. The Labute approximate surface area is 150 Å². The smallest absolute Gasteiger partial charge is 0.264 e. The van der Waals surface area contributed by atoms with Crippen LogP contribution in [0.2, 0.25) is 0 Å². The van der Waals surface area contributed by atoms with Gasteiger partial charge in [0.15, 0.2) is 4.77 Å². The fourth-order valence-electron chi connectivity index (χ4n) is 2.28. The number of benzene rings is 1. The quantitative estimate of drug-likeness (QED) is 0.563. The molecule has 2 aromatic rings. The third-order valence-corrected chi connectivity index (χ3v) is 4.03. The van der Waals surface area contributed by atoms with Crippen molar-refractivity contribution in [3.63, 3.8) is 0 Å². The highest BCUT2D eigenvalue weighted by atomic mass is 32.1. The predicted molar refractivity (Wildman–Crippen MR) is 101 cm³/mol. The maximum absolute atomic E-state index is 12.2. The summed E-state index contributed by atoms with van der Waals surface area (Å²) in [6.07, 6.45) is 2.00. The molecule has 0 bridgehead atoms. The van der Waals surface area contributed by atoms with Crippen LogP contribution >= 0.6 is 12.2 Å². The van der Waals surface area contributed by atoms with E-state index in [4.69, 9.17) is 12.2 Å². The van der Waals surface area contributed by atoms with Crippen LogP contribution in [0.4, 0.5) is 11.4 Å². The second-order valence-electron chi connectivity index (χ2n) is 5.58. The number of carbonyl (C=O) groups is 1. The minimum absolute atomic E-state index is 0.00604. The van der Waals surface area contributed by atoms with E-state index < -0.39 is 5.56 Å². The highest BCUT2D eigenvalue weighted by Gasteiger charge is 2.14. The number of nitrogens with one attached hydrogen (secondary N) is 2. The molecule has 0 radical (unpaired) electrons. The summed E-state index contributed by atoms with van der Waals surface area (Å²) in [5.41, 5.74) is 0.459. The van der Waals surface area contributed by atoms with Gasteiger partial charge in [-0.05, 0) is 37.7 Å². The number of aromatic amines is 1. The Hall–Kier alpha value is -2.74. The zero-order chi connectivity index (χ0) is 18.6. The first-order valence-corrected chi connectivity index (χ1v) is 8.24. The van der Waals surface area contributed by atoms with Crippen LogP contribution < -0.4 is 10.9 Å². The van der Waals surface area contributed by atoms with Gasteiger partial charge in [-0.3, -0.25) is 24.1 Å². The lowest BCUT2D eigenvalue weighted by molar-refractivity contribution is -0.114. The van der Waals surface area contributed by atoms with Crippen LogP contribution in [-0.2, 0) is 4.79 Å². The van der Waals surface area contributed by atoms with Crippen molar-refractivity contribution in [3.05, 3.63) is 45.0 Å². The average Bonchev–Trinajstić information content (AvgIpc) is 2.55. The largest absolute Gasteiger partial charge is 0.494 e. The summed E-state index contributed by atoms with van der Waals surface area (Å²) in [4.78, 5) is 30.2. The molecule has 0 spiro atoms. The molecule has 25 heavy (non-hydrogen) atoms. The van der Waals surface area contributed by atoms with Gasteiger partial charge in [-0.25, -0.2) is 0 Å². The van der Waals surface area contributed by atoms with Crippen molar-refractivity contribution >= 4 is 35.7 Å². The molecule has 2 rings (SSSR count). The Kier molecular flexibility index (Phi) is 5.87. The highest BCUT2D eigenvalue weighted by molar-refractivity contribution is 7.71. The minimum Gasteiger partial charge on any atom is -0.494 e. The highest BCUT2D eigenvalue weighted by Crippen LogP contribution is 2.25. The number of anilines is 1. The molecule has 0 saturated carbocycles. The molecule has 0 saturated heterocycles. The summed E-state index contributed by atoms with van der Waals surface area (Å²) in [7, 11) is 0. The van der Waals surface area contributed by atoms with E-state index in [1.165, 1.54) is 17.7 Å². The van der Waals surface area contributed by atoms with Gasteiger partial charge in [0.2, 0.25) is 11.8 Å². The fourth-order valence-corrected chi connectivity index (χ4v) is 2.63. The molecule has 3 N–H and O–H groups in total. The standard InChI is InChI=1S/C17H20N4O3S/c1-4-10(2)21-16(24)12(15(23)20-17(21)25)9-18-13-7-5-6-8-14(13)19-11(3)22/h5-10,24H,4H2,1-3H3,(H,19,22)(H,20,23,25)/t10-/m1/s1. The van der Waals surface area contributed by atoms with Gasteiger partial charge in [0.05, 0.1) is 11.4 Å². The van der Waals surface area contributed by atoms with Crippen LogP contribution in [-0.4, -0.2) is 26.8 Å². The van der Waals surface area contributed by atoms with E-state index in [1.807, 2.05) is 13.8 Å². The lowest BCUT2D eigenvalue weighted by Gasteiger charge is -2.16. The number of aromatic nitrogens is 2. The lowest BCUT2D eigenvalue weighted by Crippen LogP contribution is -2.20. The summed E-state index contributed by atoms with van der Waals surface area (Å²) < 4.78 is 1.64. The first-order valence-electron chi connectivity index (χ1n) is 7.83. The van der Waals surface area contributed by atoms with Crippen LogP contribution in [0.3, 0.4) is 0 Å². The number of carbonyl (C=O) groups excluding carboxylic acids is 1.